The van der Waals surface area contributed by atoms with Crippen molar-refractivity contribution in [2.45, 2.75) is 77.9 Å². The van der Waals surface area contributed by atoms with Gasteiger partial charge in [-0.05, 0) is 57.2 Å². The van der Waals surface area contributed by atoms with Crippen molar-refractivity contribution in [2.75, 3.05) is 13.1 Å². The first kappa shape index (κ1) is 26.0. The second kappa shape index (κ2) is 10.9. The average Bonchev–Trinajstić information content (AvgIpc) is 2.94. The molecule has 7 heteroatoms. The molecule has 194 valence electrons. The second-order valence-corrected chi connectivity index (χ2v) is 11.2. The van der Waals surface area contributed by atoms with Crippen LogP contribution in [0.25, 0.3) is 0 Å². The molecule has 2 amide bonds. The summed E-state index contributed by atoms with van der Waals surface area (Å²) in [6.07, 6.45) is -0.457. The van der Waals surface area contributed by atoms with Gasteiger partial charge in [-0.1, -0.05) is 56.3 Å². The molecule has 2 heterocycles. The molecule has 2 unspecified atom stereocenters. The second-order valence-electron chi connectivity index (χ2n) is 11.2. The van der Waals surface area contributed by atoms with Gasteiger partial charge in [0.2, 0.25) is 6.23 Å². The van der Waals surface area contributed by atoms with Crippen LogP contribution >= 0.6 is 0 Å². The van der Waals surface area contributed by atoms with Gasteiger partial charge in [-0.3, -0.25) is 14.6 Å². The molecule has 1 saturated heterocycles. The summed E-state index contributed by atoms with van der Waals surface area (Å²) >= 11 is 0. The Balaban J connectivity index is 1.61. The smallest absolute Gasteiger partial charge is 0.409 e. The van der Waals surface area contributed by atoms with Crippen LogP contribution in [0, 0.1) is 5.92 Å². The lowest BCUT2D eigenvalue weighted by atomic mass is 9.98. The molecule has 1 fully saturated rings. The molecule has 2 aliphatic rings. The maximum atomic E-state index is 14.0. The quantitative estimate of drug-likeness (QED) is 0.626. The number of fused-ring (bicyclic) bond motifs is 1. The largest absolute Gasteiger partial charge is 0.480 e. The van der Waals surface area contributed by atoms with Crippen molar-refractivity contribution in [1.82, 2.24) is 15.1 Å². The van der Waals surface area contributed by atoms with Gasteiger partial charge in [-0.15, -0.1) is 0 Å². The Morgan fingerprint density at radius 2 is 1.69 bits per heavy atom. The van der Waals surface area contributed by atoms with Crippen molar-refractivity contribution in [3.8, 4) is 5.75 Å². The summed E-state index contributed by atoms with van der Waals surface area (Å²) in [6.45, 7) is 12.3. The van der Waals surface area contributed by atoms with Crippen molar-refractivity contribution in [1.29, 1.82) is 0 Å². The zero-order chi connectivity index (χ0) is 25.9. The van der Waals surface area contributed by atoms with E-state index in [1.807, 2.05) is 65.0 Å². The van der Waals surface area contributed by atoms with Gasteiger partial charge < -0.3 is 14.8 Å². The molecule has 36 heavy (non-hydrogen) atoms. The summed E-state index contributed by atoms with van der Waals surface area (Å²) in [5, 5.41) is 2.88. The van der Waals surface area contributed by atoms with E-state index < -0.39 is 24.0 Å². The fraction of sp³-hybridized carbons (Fsp3) is 0.517. The van der Waals surface area contributed by atoms with Crippen LogP contribution in [-0.4, -0.2) is 52.6 Å². The van der Waals surface area contributed by atoms with E-state index in [9.17, 15) is 9.59 Å². The van der Waals surface area contributed by atoms with Gasteiger partial charge in [0, 0.05) is 31.2 Å². The van der Waals surface area contributed by atoms with Crippen LogP contribution in [0.2, 0.25) is 0 Å². The van der Waals surface area contributed by atoms with E-state index in [1.165, 1.54) is 5.56 Å². The maximum Gasteiger partial charge on any atom is 0.409 e. The molecule has 0 saturated carbocycles. The topological polar surface area (TPSA) is 71.1 Å². The van der Waals surface area contributed by atoms with Crippen LogP contribution in [0.15, 0.2) is 54.6 Å². The molecule has 0 bridgehead atoms. The predicted octanol–water partition coefficient (Wildman–Crippen LogP) is 5.12. The third-order valence-electron chi connectivity index (χ3n) is 6.69. The molecular weight excluding hydrogens is 454 g/mol. The summed E-state index contributed by atoms with van der Waals surface area (Å²) in [5.74, 6) is 0.423. The Bertz CT molecular complexity index is 1040. The van der Waals surface area contributed by atoms with Crippen molar-refractivity contribution >= 4 is 12.0 Å². The summed E-state index contributed by atoms with van der Waals surface area (Å²) in [5.41, 5.74) is 1.52. The van der Waals surface area contributed by atoms with Gasteiger partial charge >= 0.3 is 6.09 Å². The number of carbonyl (C=O) groups excluding carboxylic acids is 2. The number of alkyl carbamates (subject to hydrolysis) is 1. The SMILES string of the molecule is CC(C)C1Oc2ccccc2C(OC(=O)NC(C)(C)C)N(C2CCN(Cc3ccccc3)CC2)C1=O. The molecule has 0 spiro atoms. The normalized spacial score (nSPS) is 21.5. The van der Waals surface area contributed by atoms with Gasteiger partial charge in [0.25, 0.3) is 5.91 Å². The maximum absolute atomic E-state index is 14.0. The van der Waals surface area contributed by atoms with Crippen LogP contribution in [0.3, 0.4) is 0 Å². The Kier molecular flexibility index (Phi) is 7.88. The molecule has 0 aromatic heterocycles. The lowest BCUT2D eigenvalue weighted by Crippen LogP contribution is -2.54. The number of likely N-dealkylation sites (tertiary alicyclic amines) is 1. The molecule has 2 atom stereocenters. The highest BCUT2D eigenvalue weighted by atomic mass is 16.6. The number of benzene rings is 2. The summed E-state index contributed by atoms with van der Waals surface area (Å²) in [7, 11) is 0. The minimum Gasteiger partial charge on any atom is -0.480 e. The van der Waals surface area contributed by atoms with Gasteiger partial charge in [0.1, 0.15) is 5.75 Å². The van der Waals surface area contributed by atoms with E-state index in [2.05, 4.69) is 34.5 Å². The highest BCUT2D eigenvalue weighted by Crippen LogP contribution is 2.39. The lowest BCUT2D eigenvalue weighted by molar-refractivity contribution is -0.155. The number of nitrogens with zero attached hydrogens (tertiary/aromatic N) is 2. The monoisotopic (exact) mass is 493 g/mol. The van der Waals surface area contributed by atoms with Crippen molar-refractivity contribution < 1.29 is 19.1 Å². The molecular formula is C29H39N3O4. The summed E-state index contributed by atoms with van der Waals surface area (Å²) in [4.78, 5) is 31.1. The van der Waals surface area contributed by atoms with Gasteiger partial charge in [-0.25, -0.2) is 4.79 Å². The lowest BCUT2D eigenvalue weighted by Gasteiger charge is -2.42. The Morgan fingerprint density at radius 1 is 1.06 bits per heavy atom. The first-order valence-corrected chi connectivity index (χ1v) is 13.0. The number of nitrogens with one attached hydrogen (secondary N) is 1. The molecule has 4 rings (SSSR count). The first-order chi connectivity index (χ1) is 17.1. The molecule has 2 aromatic rings. The van der Waals surface area contributed by atoms with Crippen LogP contribution in [-0.2, 0) is 16.1 Å². The van der Waals surface area contributed by atoms with Crippen molar-refractivity contribution in [2.24, 2.45) is 5.92 Å². The number of hydrogen-bond donors (Lipinski definition) is 1. The molecule has 2 aliphatic heterocycles. The molecule has 2 aromatic carbocycles. The first-order valence-electron chi connectivity index (χ1n) is 13.0. The van der Waals surface area contributed by atoms with Gasteiger partial charge in [0.15, 0.2) is 6.10 Å². The van der Waals surface area contributed by atoms with Gasteiger partial charge in [-0.2, -0.15) is 0 Å². The number of rotatable bonds is 5. The molecule has 0 aliphatic carbocycles. The zero-order valence-electron chi connectivity index (χ0n) is 22.1. The fourth-order valence-corrected chi connectivity index (χ4v) is 4.94. The van der Waals surface area contributed by atoms with Crippen molar-refractivity contribution in [3.05, 3.63) is 65.7 Å². The van der Waals surface area contributed by atoms with Crippen LogP contribution in [0.4, 0.5) is 4.79 Å². The summed E-state index contributed by atoms with van der Waals surface area (Å²) < 4.78 is 12.3. The minimum absolute atomic E-state index is 0.0339. The number of piperidine rings is 1. The zero-order valence-corrected chi connectivity index (χ0v) is 22.1. The van der Waals surface area contributed by atoms with E-state index in [0.717, 1.165) is 32.5 Å². The number of hydrogen-bond acceptors (Lipinski definition) is 5. The highest BCUT2D eigenvalue weighted by molar-refractivity contribution is 5.83. The number of para-hydroxylation sites is 1. The van der Waals surface area contributed by atoms with Crippen LogP contribution in [0.5, 0.6) is 5.75 Å². The molecule has 0 radical (unpaired) electrons. The fourth-order valence-electron chi connectivity index (χ4n) is 4.94. The highest BCUT2D eigenvalue weighted by Gasteiger charge is 2.44. The van der Waals surface area contributed by atoms with E-state index >= 15 is 0 Å². The standard InChI is InChI=1S/C29H39N3O4/c1-20(2)25-26(33)32(22-15-17-31(18-16-22)19-21-11-7-6-8-12-21)27(36-28(34)30-29(3,4)5)23-13-9-10-14-24(23)35-25/h6-14,20,22,25,27H,15-19H2,1-5H3,(H,30,34). The number of amides is 2. The van der Waals surface area contributed by atoms with Crippen molar-refractivity contribution in [3.63, 3.8) is 0 Å². The Hall–Kier alpha value is -3.06. The van der Waals surface area contributed by atoms with E-state index in [1.54, 1.807) is 4.90 Å². The van der Waals surface area contributed by atoms with Gasteiger partial charge in [0.05, 0.1) is 5.56 Å². The Morgan fingerprint density at radius 3 is 2.33 bits per heavy atom. The van der Waals surface area contributed by atoms with Crippen LogP contribution in [0.1, 0.15) is 64.8 Å². The molecule has 7 nitrogen and oxygen atoms in total. The predicted molar refractivity (Wildman–Crippen MR) is 139 cm³/mol. The third-order valence-corrected chi connectivity index (χ3v) is 6.69. The van der Waals surface area contributed by atoms with E-state index in [4.69, 9.17) is 9.47 Å². The average molecular weight is 494 g/mol. The third kappa shape index (κ3) is 6.19. The van der Waals surface area contributed by atoms with Crippen LogP contribution < -0.4 is 10.1 Å². The number of carbonyl (C=O) groups is 2. The minimum atomic E-state index is -0.856. The Labute approximate surface area is 214 Å². The van der Waals surface area contributed by atoms with E-state index in [0.29, 0.717) is 11.3 Å². The summed E-state index contributed by atoms with van der Waals surface area (Å²) in [6, 6.07) is 17.9. The van der Waals surface area contributed by atoms with E-state index in [-0.39, 0.29) is 17.9 Å². The molecule has 1 N–H and O–H groups in total. The number of ether oxygens (including phenoxy) is 2.